The Bertz CT molecular complexity index is 828. The molecule has 1 aliphatic carbocycles. The van der Waals surface area contributed by atoms with E-state index in [0.29, 0.717) is 5.71 Å². The zero-order valence-corrected chi connectivity index (χ0v) is 13.6. The number of oxime groups is 1. The highest BCUT2D eigenvalue weighted by atomic mass is 16.4. The molecular formula is C20H20N2O2. The molecule has 4 heteroatoms. The molecule has 0 fully saturated rings. The zero-order valence-electron chi connectivity index (χ0n) is 13.6. The van der Waals surface area contributed by atoms with Gasteiger partial charge in [0.25, 0.3) is 5.91 Å². The van der Waals surface area contributed by atoms with E-state index < -0.39 is 0 Å². The summed E-state index contributed by atoms with van der Waals surface area (Å²) in [7, 11) is 1.85. The van der Waals surface area contributed by atoms with Crippen molar-refractivity contribution >= 4 is 11.6 Å². The Kier molecular flexibility index (Phi) is 3.60. The van der Waals surface area contributed by atoms with Gasteiger partial charge in [0.2, 0.25) is 0 Å². The highest BCUT2D eigenvalue weighted by Gasteiger charge is 2.42. The predicted octanol–water partition coefficient (Wildman–Crippen LogP) is 3.64. The molecule has 2 aromatic rings. The number of aryl methyl sites for hydroxylation is 1. The largest absolute Gasteiger partial charge is 0.411 e. The second-order valence-corrected chi connectivity index (χ2v) is 6.59. The number of hydrogen-bond acceptors (Lipinski definition) is 3. The first kappa shape index (κ1) is 14.9. The molecule has 2 aromatic carbocycles. The second kappa shape index (κ2) is 5.78. The molecule has 24 heavy (non-hydrogen) atoms. The minimum atomic E-state index is -0.0780. The first-order valence-corrected chi connectivity index (χ1v) is 8.38. The van der Waals surface area contributed by atoms with Crippen LogP contribution in [0.3, 0.4) is 0 Å². The SMILES string of the molecule is CN1C(=O)c2ccccc2C1C1CCCc2ccccc2/C1=N/O. The topological polar surface area (TPSA) is 52.9 Å². The van der Waals surface area contributed by atoms with Crippen LogP contribution >= 0.6 is 0 Å². The first-order valence-electron chi connectivity index (χ1n) is 8.38. The van der Waals surface area contributed by atoms with Crippen LogP contribution in [0, 0.1) is 5.92 Å². The van der Waals surface area contributed by atoms with Crippen molar-refractivity contribution in [3.05, 3.63) is 70.8 Å². The summed E-state index contributed by atoms with van der Waals surface area (Å²) in [6, 6.07) is 15.8. The van der Waals surface area contributed by atoms with E-state index >= 15 is 0 Å². The Morgan fingerprint density at radius 2 is 1.79 bits per heavy atom. The monoisotopic (exact) mass is 320 g/mol. The van der Waals surface area contributed by atoms with Gasteiger partial charge in [-0.25, -0.2) is 0 Å². The van der Waals surface area contributed by atoms with Crippen LogP contribution in [0.25, 0.3) is 0 Å². The number of fused-ring (bicyclic) bond motifs is 2. The Morgan fingerprint density at radius 3 is 2.58 bits per heavy atom. The van der Waals surface area contributed by atoms with Crippen LogP contribution in [0.2, 0.25) is 0 Å². The second-order valence-electron chi connectivity index (χ2n) is 6.59. The third kappa shape index (κ3) is 2.13. The zero-order chi connectivity index (χ0) is 16.7. The van der Waals surface area contributed by atoms with Gasteiger partial charge in [0.05, 0.1) is 11.8 Å². The third-order valence-corrected chi connectivity index (χ3v) is 5.34. The molecular weight excluding hydrogens is 300 g/mol. The van der Waals surface area contributed by atoms with Gasteiger partial charge in [-0.1, -0.05) is 47.6 Å². The van der Waals surface area contributed by atoms with Gasteiger partial charge in [0, 0.05) is 24.1 Å². The van der Waals surface area contributed by atoms with E-state index in [0.717, 1.165) is 36.0 Å². The lowest BCUT2D eigenvalue weighted by Crippen LogP contribution is -2.33. The maximum atomic E-state index is 12.6. The van der Waals surface area contributed by atoms with E-state index in [-0.39, 0.29) is 17.9 Å². The molecule has 0 spiro atoms. The standard InChI is InChI=1S/C20H20N2O2/c1-22-19(15-10-4-5-11-16(15)20(22)23)17-12-6-8-13-7-2-3-9-14(13)18(17)21-24/h2-5,7,9-11,17,19,24H,6,8,12H2,1H3/b21-18-. The molecule has 2 atom stereocenters. The molecule has 0 bridgehead atoms. The van der Waals surface area contributed by atoms with Crippen molar-refractivity contribution in [2.75, 3.05) is 7.05 Å². The van der Waals surface area contributed by atoms with Crippen molar-refractivity contribution in [2.45, 2.75) is 25.3 Å². The molecule has 1 aliphatic heterocycles. The summed E-state index contributed by atoms with van der Waals surface area (Å²) >= 11 is 0. The predicted molar refractivity (Wildman–Crippen MR) is 92.5 cm³/mol. The van der Waals surface area contributed by atoms with Crippen molar-refractivity contribution in [1.82, 2.24) is 4.90 Å². The molecule has 122 valence electrons. The minimum absolute atomic E-state index is 0.00347. The summed E-state index contributed by atoms with van der Waals surface area (Å²) in [6.07, 6.45) is 2.88. The number of carbonyl (C=O) groups is 1. The lowest BCUT2D eigenvalue weighted by molar-refractivity contribution is 0.0747. The number of amides is 1. The van der Waals surface area contributed by atoms with Gasteiger partial charge in [-0.2, -0.15) is 0 Å². The first-order chi connectivity index (χ1) is 11.7. The summed E-state index contributed by atoms with van der Waals surface area (Å²) in [5.74, 6) is 0.0432. The molecule has 0 radical (unpaired) electrons. The molecule has 4 rings (SSSR count). The van der Waals surface area contributed by atoms with E-state index in [9.17, 15) is 10.0 Å². The lowest BCUT2D eigenvalue weighted by atomic mass is 9.84. The lowest BCUT2D eigenvalue weighted by Gasteiger charge is -2.29. The molecule has 2 aliphatic rings. The highest BCUT2D eigenvalue weighted by Crippen LogP contribution is 2.42. The van der Waals surface area contributed by atoms with Crippen LogP contribution in [0.15, 0.2) is 53.7 Å². The summed E-state index contributed by atoms with van der Waals surface area (Å²) in [5.41, 5.74) is 4.72. The number of nitrogens with zero attached hydrogens (tertiary/aromatic N) is 2. The van der Waals surface area contributed by atoms with Gasteiger partial charge in [0.1, 0.15) is 0 Å². The number of carbonyl (C=O) groups excluding carboxylic acids is 1. The van der Waals surface area contributed by atoms with Gasteiger partial charge in [-0.15, -0.1) is 0 Å². The van der Waals surface area contributed by atoms with E-state index in [1.807, 2.05) is 49.5 Å². The van der Waals surface area contributed by atoms with Crippen LogP contribution in [-0.4, -0.2) is 28.8 Å². The van der Waals surface area contributed by atoms with Crippen LogP contribution < -0.4 is 0 Å². The molecule has 4 nitrogen and oxygen atoms in total. The molecule has 1 N–H and O–H groups in total. The smallest absolute Gasteiger partial charge is 0.254 e. The van der Waals surface area contributed by atoms with E-state index in [2.05, 4.69) is 11.2 Å². The third-order valence-electron chi connectivity index (χ3n) is 5.34. The fourth-order valence-electron chi connectivity index (χ4n) is 4.23. The summed E-state index contributed by atoms with van der Waals surface area (Å²) < 4.78 is 0. The van der Waals surface area contributed by atoms with Gasteiger partial charge in [0.15, 0.2) is 0 Å². The van der Waals surface area contributed by atoms with Crippen molar-refractivity contribution in [3.63, 3.8) is 0 Å². The quantitative estimate of drug-likeness (QED) is 0.495. The fraction of sp³-hybridized carbons (Fsp3) is 0.300. The molecule has 0 saturated carbocycles. The molecule has 0 saturated heterocycles. The van der Waals surface area contributed by atoms with E-state index in [1.54, 1.807) is 4.90 Å². The maximum absolute atomic E-state index is 12.6. The Balaban J connectivity index is 1.83. The number of benzene rings is 2. The van der Waals surface area contributed by atoms with E-state index in [1.165, 1.54) is 5.56 Å². The summed E-state index contributed by atoms with van der Waals surface area (Å²) in [6.45, 7) is 0. The minimum Gasteiger partial charge on any atom is -0.411 e. The molecule has 2 unspecified atom stereocenters. The van der Waals surface area contributed by atoms with Gasteiger partial charge in [-0.05, 0) is 36.5 Å². The fourth-order valence-corrected chi connectivity index (χ4v) is 4.23. The molecule has 1 heterocycles. The number of rotatable bonds is 1. The Hall–Kier alpha value is -2.62. The van der Waals surface area contributed by atoms with Gasteiger partial charge >= 0.3 is 0 Å². The highest BCUT2D eigenvalue weighted by molar-refractivity contribution is 6.06. The number of hydrogen-bond donors (Lipinski definition) is 1. The van der Waals surface area contributed by atoms with Crippen LogP contribution in [0.4, 0.5) is 0 Å². The van der Waals surface area contributed by atoms with Crippen LogP contribution in [-0.2, 0) is 6.42 Å². The van der Waals surface area contributed by atoms with Crippen molar-refractivity contribution < 1.29 is 10.0 Å². The van der Waals surface area contributed by atoms with Crippen molar-refractivity contribution in [1.29, 1.82) is 0 Å². The van der Waals surface area contributed by atoms with Crippen LogP contribution in [0.5, 0.6) is 0 Å². The van der Waals surface area contributed by atoms with Gasteiger partial charge in [-0.3, -0.25) is 4.79 Å². The van der Waals surface area contributed by atoms with Crippen molar-refractivity contribution in [2.24, 2.45) is 11.1 Å². The normalized spacial score (nSPS) is 24.6. The average Bonchev–Trinajstić information content (AvgIpc) is 2.77. The molecule has 1 amide bonds. The maximum Gasteiger partial charge on any atom is 0.254 e. The van der Waals surface area contributed by atoms with E-state index in [4.69, 9.17) is 0 Å². The van der Waals surface area contributed by atoms with Crippen LogP contribution in [0.1, 0.15) is 45.9 Å². The Morgan fingerprint density at radius 1 is 1.08 bits per heavy atom. The average molecular weight is 320 g/mol. The van der Waals surface area contributed by atoms with Crippen molar-refractivity contribution in [3.8, 4) is 0 Å². The molecule has 0 aromatic heterocycles. The van der Waals surface area contributed by atoms with Gasteiger partial charge < -0.3 is 10.1 Å². The summed E-state index contributed by atoms with van der Waals surface area (Å²) in [4.78, 5) is 14.4. The Labute approximate surface area is 141 Å². The summed E-state index contributed by atoms with van der Waals surface area (Å²) in [5, 5.41) is 13.5.